The largest absolute Gasteiger partial charge is 0.493 e. The van der Waals surface area contributed by atoms with Gasteiger partial charge in [-0.25, -0.2) is 0 Å². The maximum Gasteiger partial charge on any atom is 0.125 e. The van der Waals surface area contributed by atoms with Crippen molar-refractivity contribution in [3.63, 3.8) is 0 Å². The molecule has 2 aromatic rings. The van der Waals surface area contributed by atoms with E-state index in [4.69, 9.17) is 10.5 Å². The van der Waals surface area contributed by atoms with Crippen LogP contribution in [0.4, 0.5) is 0 Å². The normalized spacial score (nSPS) is 12.2. The van der Waals surface area contributed by atoms with Crippen LogP contribution in [0.25, 0.3) is 0 Å². The Morgan fingerprint density at radius 3 is 2.60 bits per heavy atom. The molecule has 0 saturated heterocycles. The summed E-state index contributed by atoms with van der Waals surface area (Å²) in [6.45, 7) is 2.67. The van der Waals surface area contributed by atoms with Crippen LogP contribution in [0.1, 0.15) is 30.5 Å². The van der Waals surface area contributed by atoms with E-state index in [9.17, 15) is 0 Å². The summed E-state index contributed by atoms with van der Waals surface area (Å²) in [6, 6.07) is 16.4. The van der Waals surface area contributed by atoms with Crippen molar-refractivity contribution >= 4 is 15.9 Å². The molecule has 20 heavy (non-hydrogen) atoms. The highest BCUT2D eigenvalue weighted by molar-refractivity contribution is 9.10. The van der Waals surface area contributed by atoms with Crippen molar-refractivity contribution in [2.45, 2.75) is 25.8 Å². The fourth-order valence-electron chi connectivity index (χ4n) is 2.11. The first-order valence-corrected chi connectivity index (χ1v) is 7.68. The van der Waals surface area contributed by atoms with Gasteiger partial charge in [0.15, 0.2) is 0 Å². The molecule has 0 saturated carbocycles. The number of halogens is 1. The average Bonchev–Trinajstić information content (AvgIpc) is 2.44. The van der Waals surface area contributed by atoms with E-state index in [1.54, 1.807) is 0 Å². The number of hydrogen-bond acceptors (Lipinski definition) is 2. The Bertz CT molecular complexity index is 540. The van der Waals surface area contributed by atoms with Gasteiger partial charge in [-0.15, -0.1) is 0 Å². The summed E-state index contributed by atoms with van der Waals surface area (Å²) in [6.07, 6.45) is 2.03. The molecule has 0 amide bonds. The van der Waals surface area contributed by atoms with Gasteiger partial charge in [0.1, 0.15) is 5.75 Å². The van der Waals surface area contributed by atoms with Gasteiger partial charge in [-0.2, -0.15) is 0 Å². The van der Waals surface area contributed by atoms with Crippen molar-refractivity contribution in [2.24, 2.45) is 5.73 Å². The van der Waals surface area contributed by atoms with Crippen LogP contribution < -0.4 is 10.5 Å². The van der Waals surface area contributed by atoms with Gasteiger partial charge < -0.3 is 10.5 Å². The number of hydrogen-bond donors (Lipinski definition) is 1. The van der Waals surface area contributed by atoms with Crippen molar-refractivity contribution in [1.29, 1.82) is 0 Å². The fourth-order valence-corrected chi connectivity index (χ4v) is 2.45. The summed E-state index contributed by atoms with van der Waals surface area (Å²) in [5.41, 5.74) is 8.36. The summed E-state index contributed by atoms with van der Waals surface area (Å²) in [4.78, 5) is 0. The van der Waals surface area contributed by atoms with Gasteiger partial charge in [0.25, 0.3) is 0 Å². The number of aryl methyl sites for hydroxylation is 1. The molecule has 0 aromatic heterocycles. The van der Waals surface area contributed by atoms with Crippen LogP contribution in [0.2, 0.25) is 0 Å². The smallest absolute Gasteiger partial charge is 0.125 e. The van der Waals surface area contributed by atoms with Crippen LogP contribution in [0.5, 0.6) is 5.75 Å². The first-order chi connectivity index (χ1) is 9.66. The van der Waals surface area contributed by atoms with Gasteiger partial charge in [-0.05, 0) is 37.5 Å². The van der Waals surface area contributed by atoms with Crippen LogP contribution in [-0.2, 0) is 6.42 Å². The second kappa shape index (κ2) is 7.46. The molecule has 2 rings (SSSR count). The molecule has 0 aliphatic rings. The highest BCUT2D eigenvalue weighted by Crippen LogP contribution is 2.27. The SMILES string of the molecule is C[C@@H](N)c1ccc(Br)cc1OCCCc1ccccc1. The first-order valence-electron chi connectivity index (χ1n) is 6.88. The zero-order valence-corrected chi connectivity index (χ0v) is 13.3. The Morgan fingerprint density at radius 1 is 1.15 bits per heavy atom. The predicted octanol–water partition coefficient (Wildman–Crippen LogP) is 4.48. The van der Waals surface area contributed by atoms with Gasteiger partial charge in [0, 0.05) is 16.1 Å². The number of benzene rings is 2. The van der Waals surface area contributed by atoms with Crippen LogP contribution >= 0.6 is 15.9 Å². The minimum atomic E-state index is -0.0211. The summed E-state index contributed by atoms with van der Waals surface area (Å²) in [5, 5.41) is 0. The molecule has 0 unspecified atom stereocenters. The molecule has 1 atom stereocenters. The Balaban J connectivity index is 1.89. The van der Waals surface area contributed by atoms with Gasteiger partial charge in [0.05, 0.1) is 6.61 Å². The van der Waals surface area contributed by atoms with Gasteiger partial charge in [-0.1, -0.05) is 52.3 Å². The Morgan fingerprint density at radius 2 is 1.90 bits per heavy atom. The molecular weight excluding hydrogens is 314 g/mol. The molecule has 2 N–H and O–H groups in total. The third-order valence-corrected chi connectivity index (χ3v) is 3.67. The molecule has 0 spiro atoms. The summed E-state index contributed by atoms with van der Waals surface area (Å²) in [5.74, 6) is 0.877. The maximum atomic E-state index is 5.96. The number of ether oxygens (including phenoxy) is 1. The van der Waals surface area contributed by atoms with Gasteiger partial charge >= 0.3 is 0 Å². The average molecular weight is 334 g/mol. The third-order valence-electron chi connectivity index (χ3n) is 3.18. The first kappa shape index (κ1) is 15.1. The van der Waals surface area contributed by atoms with Crippen LogP contribution in [-0.4, -0.2) is 6.61 Å². The topological polar surface area (TPSA) is 35.2 Å². The minimum Gasteiger partial charge on any atom is -0.493 e. The van der Waals surface area contributed by atoms with E-state index in [0.29, 0.717) is 6.61 Å². The van der Waals surface area contributed by atoms with Crippen molar-refractivity contribution < 1.29 is 4.74 Å². The standard InChI is InChI=1S/C17H20BrNO/c1-13(19)16-10-9-15(18)12-17(16)20-11-5-8-14-6-3-2-4-7-14/h2-4,6-7,9-10,12-13H,5,8,11,19H2,1H3/t13-/m1/s1. The zero-order chi connectivity index (χ0) is 14.4. The van der Waals surface area contributed by atoms with Crippen molar-refractivity contribution in [1.82, 2.24) is 0 Å². The lowest BCUT2D eigenvalue weighted by molar-refractivity contribution is 0.306. The highest BCUT2D eigenvalue weighted by atomic mass is 79.9. The van der Waals surface area contributed by atoms with Crippen LogP contribution in [0, 0.1) is 0 Å². The highest BCUT2D eigenvalue weighted by Gasteiger charge is 2.08. The molecule has 2 aromatic carbocycles. The van der Waals surface area contributed by atoms with E-state index in [2.05, 4.69) is 40.2 Å². The molecular formula is C17H20BrNO. The number of rotatable bonds is 6. The Hall–Kier alpha value is -1.32. The van der Waals surface area contributed by atoms with Crippen molar-refractivity contribution in [2.75, 3.05) is 6.61 Å². The van der Waals surface area contributed by atoms with E-state index in [0.717, 1.165) is 28.6 Å². The molecule has 0 aliphatic carbocycles. The molecule has 0 fully saturated rings. The number of nitrogens with two attached hydrogens (primary N) is 1. The van der Waals surface area contributed by atoms with Crippen LogP contribution in [0.15, 0.2) is 53.0 Å². The zero-order valence-electron chi connectivity index (χ0n) is 11.7. The van der Waals surface area contributed by atoms with Crippen molar-refractivity contribution in [3.05, 3.63) is 64.1 Å². The predicted molar refractivity (Wildman–Crippen MR) is 87.0 cm³/mol. The molecule has 0 aliphatic heterocycles. The quantitative estimate of drug-likeness (QED) is 0.791. The van der Waals surface area contributed by atoms with E-state index < -0.39 is 0 Å². The third kappa shape index (κ3) is 4.36. The second-order valence-corrected chi connectivity index (χ2v) is 5.82. The molecule has 0 bridgehead atoms. The molecule has 0 heterocycles. The second-order valence-electron chi connectivity index (χ2n) is 4.91. The van der Waals surface area contributed by atoms with E-state index in [-0.39, 0.29) is 6.04 Å². The Kier molecular flexibility index (Phi) is 5.62. The Labute approximate surface area is 129 Å². The van der Waals surface area contributed by atoms with E-state index in [1.165, 1.54) is 5.56 Å². The maximum absolute atomic E-state index is 5.96. The molecule has 3 heteroatoms. The van der Waals surface area contributed by atoms with Gasteiger partial charge in [-0.3, -0.25) is 0 Å². The summed E-state index contributed by atoms with van der Waals surface area (Å²) in [7, 11) is 0. The lowest BCUT2D eigenvalue weighted by Crippen LogP contribution is -2.09. The van der Waals surface area contributed by atoms with E-state index in [1.807, 2.05) is 31.2 Å². The lowest BCUT2D eigenvalue weighted by atomic mass is 10.1. The van der Waals surface area contributed by atoms with Crippen molar-refractivity contribution in [3.8, 4) is 5.75 Å². The van der Waals surface area contributed by atoms with Gasteiger partial charge in [0.2, 0.25) is 0 Å². The summed E-state index contributed by atoms with van der Waals surface area (Å²) < 4.78 is 6.90. The fraction of sp³-hybridized carbons (Fsp3) is 0.294. The minimum absolute atomic E-state index is 0.0211. The summed E-state index contributed by atoms with van der Waals surface area (Å²) >= 11 is 3.47. The lowest BCUT2D eigenvalue weighted by Gasteiger charge is -2.14. The van der Waals surface area contributed by atoms with Crippen LogP contribution in [0.3, 0.4) is 0 Å². The van der Waals surface area contributed by atoms with E-state index >= 15 is 0 Å². The molecule has 2 nitrogen and oxygen atoms in total. The monoisotopic (exact) mass is 333 g/mol. The molecule has 0 radical (unpaired) electrons. The molecule has 106 valence electrons.